The van der Waals surface area contributed by atoms with Crippen LogP contribution in [0.15, 0.2) is 27.6 Å². The van der Waals surface area contributed by atoms with Crippen molar-refractivity contribution >= 4 is 50.0 Å². The first-order valence-electron chi connectivity index (χ1n) is 6.34. The van der Waals surface area contributed by atoms with Gasteiger partial charge >= 0.3 is 0 Å². The third-order valence-electron chi connectivity index (χ3n) is 3.22. The number of halogens is 3. The summed E-state index contributed by atoms with van der Waals surface area (Å²) < 4.78 is 26.8. The molecule has 0 fully saturated rings. The number of rotatable bonds is 6. The number of benzene rings is 1. The predicted molar refractivity (Wildman–Crippen MR) is 93.6 cm³/mol. The number of hydrogen-bond donors (Lipinski definition) is 1. The first-order valence-corrected chi connectivity index (χ1v) is 8.95. The molecule has 0 aromatic heterocycles. The van der Waals surface area contributed by atoms with E-state index >= 15 is 0 Å². The minimum atomic E-state index is -3.62. The van der Waals surface area contributed by atoms with Crippen LogP contribution in [0.25, 0.3) is 0 Å². The Hall–Kier alpha value is 0.150. The molecular formula is C13H21BrCl2N2O2S. The molecule has 122 valence electrons. The summed E-state index contributed by atoms with van der Waals surface area (Å²) in [5.74, 6) is 0.318. The van der Waals surface area contributed by atoms with Crippen LogP contribution >= 0.6 is 39.9 Å². The van der Waals surface area contributed by atoms with Gasteiger partial charge in [-0.25, -0.2) is 12.7 Å². The lowest BCUT2D eigenvalue weighted by Gasteiger charge is -2.22. The Morgan fingerprint density at radius 1 is 1.38 bits per heavy atom. The van der Waals surface area contributed by atoms with Gasteiger partial charge in [-0.05, 0) is 40.4 Å². The van der Waals surface area contributed by atoms with Gasteiger partial charge in [0.25, 0.3) is 0 Å². The minimum Gasteiger partial charge on any atom is -0.327 e. The van der Waals surface area contributed by atoms with E-state index in [4.69, 9.17) is 17.3 Å². The summed E-state index contributed by atoms with van der Waals surface area (Å²) in [6.07, 6.45) is 0.607. The summed E-state index contributed by atoms with van der Waals surface area (Å²) in [5, 5.41) is 0.208. The van der Waals surface area contributed by atoms with Gasteiger partial charge in [0.2, 0.25) is 10.0 Å². The van der Waals surface area contributed by atoms with Crippen LogP contribution in [0.4, 0.5) is 0 Å². The van der Waals surface area contributed by atoms with E-state index in [9.17, 15) is 8.42 Å². The van der Waals surface area contributed by atoms with E-state index in [0.717, 1.165) is 0 Å². The fourth-order valence-electron chi connectivity index (χ4n) is 1.67. The van der Waals surface area contributed by atoms with Crippen molar-refractivity contribution in [2.24, 2.45) is 11.7 Å². The standard InChI is InChI=1S/C13H20BrClN2O2S.ClH/c1-9(2)12(16)7-8-17(3)20(18,19)13-10(14)5-4-6-11(13)15;/h4-6,9,12H,7-8,16H2,1-3H3;1H. The molecule has 0 heterocycles. The lowest BCUT2D eigenvalue weighted by molar-refractivity contribution is 0.397. The zero-order chi connectivity index (χ0) is 15.5. The Bertz CT molecular complexity index is 547. The third-order valence-corrected chi connectivity index (χ3v) is 6.53. The van der Waals surface area contributed by atoms with Crippen LogP contribution in [0, 0.1) is 5.92 Å². The molecular weight excluding hydrogens is 399 g/mol. The maximum atomic E-state index is 12.5. The van der Waals surface area contributed by atoms with Crippen molar-refractivity contribution in [1.29, 1.82) is 0 Å². The molecule has 0 spiro atoms. The second-order valence-corrected chi connectivity index (χ2v) is 8.32. The predicted octanol–water partition coefficient (Wildman–Crippen LogP) is 3.52. The summed E-state index contributed by atoms with van der Waals surface area (Å²) in [7, 11) is -2.08. The largest absolute Gasteiger partial charge is 0.327 e. The van der Waals surface area contributed by atoms with Crippen LogP contribution in [0.5, 0.6) is 0 Å². The number of nitrogens with two attached hydrogens (primary N) is 1. The molecule has 1 rings (SSSR count). The molecule has 0 aliphatic rings. The van der Waals surface area contributed by atoms with Crippen molar-refractivity contribution < 1.29 is 8.42 Å². The average molecular weight is 420 g/mol. The Morgan fingerprint density at radius 2 is 1.95 bits per heavy atom. The van der Waals surface area contributed by atoms with Crippen molar-refractivity contribution in [1.82, 2.24) is 4.31 Å². The summed E-state index contributed by atoms with van der Waals surface area (Å²) in [5.41, 5.74) is 5.95. The van der Waals surface area contributed by atoms with Gasteiger partial charge < -0.3 is 5.73 Å². The molecule has 0 saturated carbocycles. The Labute approximate surface area is 146 Å². The van der Waals surface area contributed by atoms with Gasteiger partial charge in [0.15, 0.2) is 0 Å². The zero-order valence-electron chi connectivity index (χ0n) is 12.2. The second kappa shape index (κ2) is 8.70. The number of nitrogens with zero attached hydrogens (tertiary/aromatic N) is 1. The topological polar surface area (TPSA) is 63.4 Å². The fourth-order valence-corrected chi connectivity index (χ4v) is 4.52. The van der Waals surface area contributed by atoms with Crippen LogP contribution in [0.1, 0.15) is 20.3 Å². The first kappa shape index (κ1) is 21.1. The van der Waals surface area contributed by atoms with Gasteiger partial charge in [0.1, 0.15) is 4.90 Å². The van der Waals surface area contributed by atoms with Gasteiger partial charge in [0, 0.05) is 24.1 Å². The summed E-state index contributed by atoms with van der Waals surface area (Å²) >= 11 is 9.25. The molecule has 1 atom stereocenters. The maximum Gasteiger partial charge on any atom is 0.245 e. The van der Waals surface area contributed by atoms with E-state index in [1.54, 1.807) is 18.2 Å². The van der Waals surface area contributed by atoms with Gasteiger partial charge in [-0.1, -0.05) is 31.5 Å². The summed E-state index contributed by atoms with van der Waals surface area (Å²) in [4.78, 5) is 0.0993. The van der Waals surface area contributed by atoms with Gasteiger partial charge in [0.05, 0.1) is 5.02 Å². The van der Waals surface area contributed by atoms with Crippen LogP contribution in [0.3, 0.4) is 0 Å². The van der Waals surface area contributed by atoms with Crippen molar-refractivity contribution in [2.75, 3.05) is 13.6 Å². The fraction of sp³-hybridized carbons (Fsp3) is 0.538. The monoisotopic (exact) mass is 418 g/mol. The van der Waals surface area contributed by atoms with Crippen LogP contribution in [-0.4, -0.2) is 32.4 Å². The van der Waals surface area contributed by atoms with E-state index < -0.39 is 10.0 Å². The van der Waals surface area contributed by atoms with E-state index in [1.807, 2.05) is 13.8 Å². The van der Waals surface area contributed by atoms with Gasteiger partial charge in [-0.2, -0.15) is 0 Å². The molecule has 1 aromatic rings. The summed E-state index contributed by atoms with van der Waals surface area (Å²) in [6.45, 7) is 4.40. The van der Waals surface area contributed by atoms with E-state index in [0.29, 0.717) is 23.4 Å². The van der Waals surface area contributed by atoms with Gasteiger partial charge in [-0.3, -0.25) is 0 Å². The highest BCUT2D eigenvalue weighted by Gasteiger charge is 2.26. The molecule has 0 radical (unpaired) electrons. The van der Waals surface area contributed by atoms with Crippen LogP contribution < -0.4 is 5.73 Å². The number of sulfonamides is 1. The Morgan fingerprint density at radius 3 is 2.43 bits per heavy atom. The van der Waals surface area contributed by atoms with E-state index in [1.165, 1.54) is 11.4 Å². The molecule has 0 aliphatic heterocycles. The lowest BCUT2D eigenvalue weighted by atomic mass is 10.0. The third kappa shape index (κ3) is 5.37. The van der Waals surface area contributed by atoms with Crippen molar-refractivity contribution in [3.63, 3.8) is 0 Å². The van der Waals surface area contributed by atoms with E-state index in [2.05, 4.69) is 15.9 Å². The molecule has 0 amide bonds. The number of hydrogen-bond acceptors (Lipinski definition) is 3. The van der Waals surface area contributed by atoms with Crippen LogP contribution in [-0.2, 0) is 10.0 Å². The highest BCUT2D eigenvalue weighted by molar-refractivity contribution is 9.10. The lowest BCUT2D eigenvalue weighted by Crippen LogP contribution is -2.34. The van der Waals surface area contributed by atoms with Crippen molar-refractivity contribution in [2.45, 2.75) is 31.2 Å². The molecule has 0 saturated heterocycles. The Kier molecular flexibility index (Phi) is 8.76. The first-order chi connectivity index (χ1) is 9.17. The minimum absolute atomic E-state index is 0. The molecule has 0 bridgehead atoms. The molecule has 4 nitrogen and oxygen atoms in total. The maximum absolute atomic E-state index is 12.5. The zero-order valence-corrected chi connectivity index (χ0v) is 16.2. The van der Waals surface area contributed by atoms with Gasteiger partial charge in [-0.15, -0.1) is 12.4 Å². The second-order valence-electron chi connectivity index (χ2n) is 5.07. The van der Waals surface area contributed by atoms with Crippen molar-refractivity contribution in [3.8, 4) is 0 Å². The average Bonchev–Trinajstić information content (AvgIpc) is 2.34. The summed E-state index contributed by atoms with van der Waals surface area (Å²) in [6, 6.07) is 4.89. The van der Waals surface area contributed by atoms with Crippen LogP contribution in [0.2, 0.25) is 5.02 Å². The molecule has 1 aromatic carbocycles. The molecule has 21 heavy (non-hydrogen) atoms. The SMILES string of the molecule is CC(C)C(N)CCN(C)S(=O)(=O)c1c(Cl)cccc1Br.Cl. The normalized spacial score (nSPS) is 13.3. The molecule has 0 aliphatic carbocycles. The molecule has 1 unspecified atom stereocenters. The molecule has 8 heteroatoms. The van der Waals surface area contributed by atoms with E-state index in [-0.39, 0.29) is 28.4 Å². The highest BCUT2D eigenvalue weighted by Crippen LogP contribution is 2.31. The quantitative estimate of drug-likeness (QED) is 0.766. The highest BCUT2D eigenvalue weighted by atomic mass is 79.9. The smallest absolute Gasteiger partial charge is 0.245 e. The molecule has 2 N–H and O–H groups in total. The Balaban J connectivity index is 0.00000400. The van der Waals surface area contributed by atoms with Crippen molar-refractivity contribution in [3.05, 3.63) is 27.7 Å².